The number of rotatable bonds is 6. The number of furan rings is 1. The number of fused-ring (bicyclic) bond motifs is 2. The SMILES string of the molecule is Cc1ccc2c(CC(=O)OCC(=O)N(C)C[C@@H]3COc4ccccc4O3)coc2c1. The van der Waals surface area contributed by atoms with Gasteiger partial charge in [0.15, 0.2) is 24.2 Å². The van der Waals surface area contributed by atoms with E-state index in [-0.39, 0.29) is 25.0 Å². The van der Waals surface area contributed by atoms with E-state index in [9.17, 15) is 9.59 Å². The molecule has 0 aliphatic carbocycles. The predicted molar refractivity (Wildman–Crippen MR) is 110 cm³/mol. The predicted octanol–water partition coefficient (Wildman–Crippen LogP) is 3.13. The minimum absolute atomic E-state index is 0.0451. The first kappa shape index (κ1) is 19.8. The number of nitrogens with zero attached hydrogens (tertiary/aromatic N) is 1. The third-order valence-electron chi connectivity index (χ3n) is 4.97. The maximum absolute atomic E-state index is 12.4. The van der Waals surface area contributed by atoms with Gasteiger partial charge in [0.05, 0.1) is 19.2 Å². The van der Waals surface area contributed by atoms with Gasteiger partial charge in [-0.2, -0.15) is 0 Å². The Morgan fingerprint density at radius 3 is 2.80 bits per heavy atom. The van der Waals surface area contributed by atoms with Gasteiger partial charge < -0.3 is 23.5 Å². The zero-order valence-electron chi connectivity index (χ0n) is 16.9. The Labute approximate surface area is 174 Å². The number of hydrogen-bond acceptors (Lipinski definition) is 6. The van der Waals surface area contributed by atoms with E-state index in [4.69, 9.17) is 18.6 Å². The first-order chi connectivity index (χ1) is 14.5. The van der Waals surface area contributed by atoms with Crippen LogP contribution in [0.1, 0.15) is 11.1 Å². The Balaban J connectivity index is 1.26. The molecule has 0 N–H and O–H groups in total. The number of ether oxygens (including phenoxy) is 3. The van der Waals surface area contributed by atoms with Gasteiger partial charge in [-0.15, -0.1) is 0 Å². The van der Waals surface area contributed by atoms with Crippen molar-refractivity contribution in [2.45, 2.75) is 19.4 Å². The average Bonchev–Trinajstić information content (AvgIpc) is 3.13. The minimum atomic E-state index is -0.480. The van der Waals surface area contributed by atoms with Gasteiger partial charge in [0.1, 0.15) is 12.2 Å². The van der Waals surface area contributed by atoms with E-state index >= 15 is 0 Å². The molecule has 2 aromatic carbocycles. The van der Waals surface area contributed by atoms with Gasteiger partial charge in [-0.1, -0.05) is 24.3 Å². The summed E-state index contributed by atoms with van der Waals surface area (Å²) in [5, 5.41) is 0.871. The first-order valence-electron chi connectivity index (χ1n) is 9.74. The van der Waals surface area contributed by atoms with Gasteiger partial charge in [-0.25, -0.2) is 0 Å². The number of benzene rings is 2. The molecule has 0 bridgehead atoms. The minimum Gasteiger partial charge on any atom is -0.486 e. The van der Waals surface area contributed by atoms with Crippen molar-refractivity contribution < 1.29 is 28.2 Å². The Kier molecular flexibility index (Phi) is 5.61. The number of esters is 1. The maximum Gasteiger partial charge on any atom is 0.310 e. The van der Waals surface area contributed by atoms with Crippen LogP contribution >= 0.6 is 0 Å². The van der Waals surface area contributed by atoms with Crippen LogP contribution in [0, 0.1) is 6.92 Å². The van der Waals surface area contributed by atoms with Crippen LogP contribution in [0.3, 0.4) is 0 Å². The Morgan fingerprint density at radius 1 is 1.17 bits per heavy atom. The summed E-state index contributed by atoms with van der Waals surface area (Å²) in [5.74, 6) is 0.562. The second kappa shape index (κ2) is 8.49. The molecule has 7 heteroatoms. The summed E-state index contributed by atoms with van der Waals surface area (Å²) in [4.78, 5) is 26.0. The maximum atomic E-state index is 12.4. The van der Waals surface area contributed by atoms with Crippen molar-refractivity contribution in [2.24, 2.45) is 0 Å². The zero-order valence-corrected chi connectivity index (χ0v) is 16.9. The second-order valence-electron chi connectivity index (χ2n) is 7.37. The molecule has 1 amide bonds. The number of carbonyl (C=O) groups excluding carboxylic acids is 2. The summed E-state index contributed by atoms with van der Waals surface area (Å²) in [6, 6.07) is 13.2. The molecule has 0 saturated carbocycles. The van der Waals surface area contributed by atoms with Crippen molar-refractivity contribution >= 4 is 22.8 Å². The third-order valence-corrected chi connectivity index (χ3v) is 4.97. The van der Waals surface area contributed by atoms with Crippen LogP contribution in [-0.4, -0.2) is 49.7 Å². The zero-order chi connectivity index (χ0) is 21.1. The molecule has 0 fully saturated rings. The number of likely N-dealkylation sites (N-methyl/N-ethyl adjacent to an activating group) is 1. The molecule has 7 nitrogen and oxygen atoms in total. The fourth-order valence-electron chi connectivity index (χ4n) is 3.35. The van der Waals surface area contributed by atoms with E-state index in [2.05, 4.69) is 0 Å². The van der Waals surface area contributed by atoms with Gasteiger partial charge >= 0.3 is 5.97 Å². The fourth-order valence-corrected chi connectivity index (χ4v) is 3.35. The Morgan fingerprint density at radius 2 is 1.97 bits per heavy atom. The molecular formula is C23H23NO6. The monoisotopic (exact) mass is 409 g/mol. The van der Waals surface area contributed by atoms with E-state index in [0.29, 0.717) is 24.7 Å². The van der Waals surface area contributed by atoms with Gasteiger partial charge in [-0.05, 0) is 30.7 Å². The lowest BCUT2D eigenvalue weighted by Gasteiger charge is -2.29. The topological polar surface area (TPSA) is 78.2 Å². The molecule has 0 radical (unpaired) electrons. The summed E-state index contributed by atoms with van der Waals surface area (Å²) in [6.07, 6.45) is 1.31. The van der Waals surface area contributed by atoms with Crippen LogP contribution < -0.4 is 9.47 Å². The van der Waals surface area contributed by atoms with Crippen molar-refractivity contribution in [3.63, 3.8) is 0 Å². The number of hydrogen-bond donors (Lipinski definition) is 0. The second-order valence-corrected chi connectivity index (χ2v) is 7.37. The van der Waals surface area contributed by atoms with Crippen molar-refractivity contribution in [2.75, 3.05) is 26.8 Å². The van der Waals surface area contributed by atoms with E-state index in [1.807, 2.05) is 49.4 Å². The van der Waals surface area contributed by atoms with Crippen LogP contribution in [0.25, 0.3) is 11.0 Å². The number of carbonyl (C=O) groups is 2. The van der Waals surface area contributed by atoms with Gasteiger partial charge in [0.2, 0.25) is 0 Å². The van der Waals surface area contributed by atoms with Gasteiger partial charge in [0.25, 0.3) is 5.91 Å². The van der Waals surface area contributed by atoms with E-state index in [1.54, 1.807) is 13.3 Å². The Bertz CT molecular complexity index is 1070. The van der Waals surface area contributed by atoms with Crippen LogP contribution in [0.4, 0.5) is 0 Å². The summed E-state index contributed by atoms with van der Waals surface area (Å²) in [5.41, 5.74) is 2.54. The molecule has 1 aliphatic rings. The summed E-state index contributed by atoms with van der Waals surface area (Å²) < 4.78 is 22.2. The van der Waals surface area contributed by atoms with E-state index in [0.717, 1.165) is 22.1 Å². The Hall–Kier alpha value is -3.48. The lowest BCUT2D eigenvalue weighted by molar-refractivity contribution is -0.151. The highest BCUT2D eigenvalue weighted by atomic mass is 16.6. The van der Waals surface area contributed by atoms with Crippen molar-refractivity contribution in [3.8, 4) is 11.5 Å². The highest BCUT2D eigenvalue weighted by Crippen LogP contribution is 2.31. The number of aryl methyl sites for hydroxylation is 1. The summed E-state index contributed by atoms with van der Waals surface area (Å²) >= 11 is 0. The molecule has 1 aromatic heterocycles. The third kappa shape index (κ3) is 4.40. The molecule has 0 unspecified atom stereocenters. The normalized spacial score (nSPS) is 15.1. The number of para-hydroxylation sites is 2. The molecule has 2 heterocycles. The van der Waals surface area contributed by atoms with E-state index < -0.39 is 5.97 Å². The fraction of sp³-hybridized carbons (Fsp3) is 0.304. The molecule has 4 rings (SSSR count). The first-order valence-corrected chi connectivity index (χ1v) is 9.74. The standard InChI is InChI=1S/C23H23NO6/c1-15-7-8-18-16(12-27-21(18)9-15)10-23(26)29-14-22(25)24(2)11-17-13-28-19-5-3-4-6-20(19)30-17/h3-9,12,17H,10-11,13-14H2,1-2H3/t17-/m1/s1. The highest BCUT2D eigenvalue weighted by molar-refractivity contribution is 5.87. The lowest BCUT2D eigenvalue weighted by Crippen LogP contribution is -2.43. The largest absolute Gasteiger partial charge is 0.486 e. The van der Waals surface area contributed by atoms with Gasteiger partial charge in [0, 0.05) is 18.0 Å². The summed E-state index contributed by atoms with van der Waals surface area (Å²) in [7, 11) is 1.64. The van der Waals surface area contributed by atoms with Gasteiger partial charge in [-0.3, -0.25) is 9.59 Å². The lowest BCUT2D eigenvalue weighted by atomic mass is 10.1. The van der Waals surface area contributed by atoms with Crippen molar-refractivity contribution in [1.29, 1.82) is 0 Å². The quantitative estimate of drug-likeness (QED) is 0.582. The van der Waals surface area contributed by atoms with Crippen LogP contribution in [-0.2, 0) is 20.7 Å². The molecule has 3 aromatic rings. The molecule has 1 atom stereocenters. The van der Waals surface area contributed by atoms with Crippen molar-refractivity contribution in [1.82, 2.24) is 4.90 Å². The molecule has 30 heavy (non-hydrogen) atoms. The van der Waals surface area contributed by atoms with Crippen LogP contribution in [0.5, 0.6) is 11.5 Å². The van der Waals surface area contributed by atoms with Crippen LogP contribution in [0.2, 0.25) is 0 Å². The molecule has 1 aliphatic heterocycles. The highest BCUT2D eigenvalue weighted by Gasteiger charge is 2.24. The summed E-state index contributed by atoms with van der Waals surface area (Å²) in [6.45, 7) is 2.33. The van der Waals surface area contributed by atoms with Crippen molar-refractivity contribution in [3.05, 3.63) is 59.9 Å². The number of amides is 1. The average molecular weight is 409 g/mol. The molecule has 0 spiro atoms. The van der Waals surface area contributed by atoms with E-state index in [1.165, 1.54) is 4.90 Å². The smallest absolute Gasteiger partial charge is 0.310 e. The van der Waals surface area contributed by atoms with Crippen LogP contribution in [0.15, 0.2) is 53.1 Å². The molecule has 0 saturated heterocycles. The molecule has 156 valence electrons. The molecular weight excluding hydrogens is 386 g/mol.